The molecule has 162 valence electrons. The van der Waals surface area contributed by atoms with Crippen LogP contribution in [0.25, 0.3) is 0 Å². The van der Waals surface area contributed by atoms with E-state index >= 15 is 0 Å². The second kappa shape index (κ2) is 9.23. The van der Waals surface area contributed by atoms with E-state index in [0.29, 0.717) is 25.3 Å². The number of aliphatic imine (C=N–C) groups is 1. The molecule has 0 saturated carbocycles. The van der Waals surface area contributed by atoms with Gasteiger partial charge in [-0.25, -0.2) is 4.79 Å². The summed E-state index contributed by atoms with van der Waals surface area (Å²) in [5, 5.41) is 2.83. The molecule has 7 nitrogen and oxygen atoms in total. The lowest BCUT2D eigenvalue weighted by Crippen LogP contribution is -2.42. The van der Waals surface area contributed by atoms with Gasteiger partial charge in [0.2, 0.25) is 0 Å². The molecule has 1 fully saturated rings. The molecule has 0 bridgehead atoms. The van der Waals surface area contributed by atoms with Crippen molar-refractivity contribution in [3.63, 3.8) is 0 Å². The molecule has 1 aromatic rings. The Kier molecular flexibility index (Phi) is 7.21. The standard InChI is InChI=1S/C19H27F3N4O3/c1-18(2,3)29-17(27)26-10-8-13(9-11-26)12-24-16(23)25-14-4-6-15(7-5-14)28-19(20,21)22/h4-7,13H,8-12H2,1-3H3,(H3,23,24,25). The van der Waals surface area contributed by atoms with Crippen molar-refractivity contribution in [1.29, 1.82) is 0 Å². The normalized spacial score (nSPS) is 16.5. The Labute approximate surface area is 168 Å². The summed E-state index contributed by atoms with van der Waals surface area (Å²) in [6.45, 7) is 7.19. The van der Waals surface area contributed by atoms with Gasteiger partial charge >= 0.3 is 12.5 Å². The van der Waals surface area contributed by atoms with Gasteiger partial charge in [-0.05, 0) is 63.8 Å². The van der Waals surface area contributed by atoms with Crippen molar-refractivity contribution in [2.45, 2.75) is 45.6 Å². The molecule has 0 radical (unpaired) electrons. The Balaban J connectivity index is 1.77. The molecule has 1 aliphatic rings. The van der Waals surface area contributed by atoms with E-state index in [1.54, 1.807) is 4.90 Å². The molecule has 0 unspecified atom stereocenters. The molecule has 0 aliphatic carbocycles. The van der Waals surface area contributed by atoms with Gasteiger partial charge in [-0.2, -0.15) is 0 Å². The van der Waals surface area contributed by atoms with Crippen LogP contribution in [0.5, 0.6) is 5.75 Å². The van der Waals surface area contributed by atoms with E-state index in [-0.39, 0.29) is 23.7 Å². The van der Waals surface area contributed by atoms with Crippen LogP contribution in [0.4, 0.5) is 23.7 Å². The second-order valence-electron chi connectivity index (χ2n) is 7.83. The minimum absolute atomic E-state index is 0.170. The van der Waals surface area contributed by atoms with Crippen molar-refractivity contribution >= 4 is 17.7 Å². The zero-order valence-corrected chi connectivity index (χ0v) is 16.8. The number of alkyl halides is 3. The summed E-state index contributed by atoms with van der Waals surface area (Å²) < 4.78 is 45.7. The fourth-order valence-corrected chi connectivity index (χ4v) is 2.78. The van der Waals surface area contributed by atoms with Crippen LogP contribution in [0.2, 0.25) is 0 Å². The maximum absolute atomic E-state index is 12.2. The molecule has 0 spiro atoms. The van der Waals surface area contributed by atoms with Gasteiger partial charge in [0.05, 0.1) is 0 Å². The van der Waals surface area contributed by atoms with Crippen LogP contribution in [0.3, 0.4) is 0 Å². The molecule has 2 rings (SSSR count). The van der Waals surface area contributed by atoms with E-state index in [1.807, 2.05) is 20.8 Å². The number of carbonyl (C=O) groups is 1. The molecular weight excluding hydrogens is 389 g/mol. The number of nitrogens with zero attached hydrogens (tertiary/aromatic N) is 2. The van der Waals surface area contributed by atoms with Crippen LogP contribution in [0.1, 0.15) is 33.6 Å². The molecular formula is C19H27F3N4O3. The van der Waals surface area contributed by atoms with Gasteiger partial charge in [0.25, 0.3) is 0 Å². The lowest BCUT2D eigenvalue weighted by atomic mass is 9.97. The summed E-state index contributed by atoms with van der Waals surface area (Å²) in [6.07, 6.45) is -3.45. The number of hydrogen-bond donors (Lipinski definition) is 2. The van der Waals surface area contributed by atoms with Crippen LogP contribution < -0.4 is 15.8 Å². The number of benzene rings is 1. The van der Waals surface area contributed by atoms with Gasteiger partial charge in [-0.1, -0.05) is 0 Å². The molecule has 29 heavy (non-hydrogen) atoms. The number of guanidine groups is 1. The molecule has 1 amide bonds. The molecule has 0 atom stereocenters. The number of nitrogens with two attached hydrogens (primary N) is 1. The average Bonchev–Trinajstić information content (AvgIpc) is 2.59. The van der Waals surface area contributed by atoms with Crippen LogP contribution in [-0.2, 0) is 4.74 Å². The Morgan fingerprint density at radius 1 is 1.21 bits per heavy atom. The topological polar surface area (TPSA) is 89.2 Å². The van der Waals surface area contributed by atoms with Gasteiger partial charge in [0.1, 0.15) is 11.4 Å². The third kappa shape index (κ3) is 8.49. The number of carbonyl (C=O) groups excluding carboxylic acids is 1. The Hall–Kier alpha value is -2.65. The molecule has 1 aromatic carbocycles. The quantitative estimate of drug-likeness (QED) is 0.573. The van der Waals surface area contributed by atoms with E-state index in [9.17, 15) is 18.0 Å². The van der Waals surface area contributed by atoms with E-state index in [0.717, 1.165) is 12.8 Å². The highest BCUT2D eigenvalue weighted by atomic mass is 19.4. The summed E-state index contributed by atoms with van der Waals surface area (Å²) in [5.41, 5.74) is 5.83. The van der Waals surface area contributed by atoms with Crippen LogP contribution >= 0.6 is 0 Å². The highest BCUT2D eigenvalue weighted by Gasteiger charge is 2.31. The molecule has 10 heteroatoms. The number of likely N-dealkylation sites (tertiary alicyclic amines) is 1. The van der Waals surface area contributed by atoms with E-state index in [1.165, 1.54) is 24.3 Å². The Morgan fingerprint density at radius 3 is 2.31 bits per heavy atom. The minimum Gasteiger partial charge on any atom is -0.444 e. The van der Waals surface area contributed by atoms with Crippen molar-refractivity contribution in [2.24, 2.45) is 16.6 Å². The number of hydrogen-bond acceptors (Lipinski definition) is 4. The fraction of sp³-hybridized carbons (Fsp3) is 0.579. The lowest BCUT2D eigenvalue weighted by molar-refractivity contribution is -0.274. The van der Waals surface area contributed by atoms with Crippen molar-refractivity contribution in [3.8, 4) is 5.75 Å². The number of nitrogens with one attached hydrogen (secondary N) is 1. The monoisotopic (exact) mass is 416 g/mol. The van der Waals surface area contributed by atoms with Crippen LogP contribution in [-0.4, -0.2) is 48.6 Å². The largest absolute Gasteiger partial charge is 0.573 e. The summed E-state index contributed by atoms with van der Waals surface area (Å²) in [7, 11) is 0. The highest BCUT2D eigenvalue weighted by Crippen LogP contribution is 2.24. The number of anilines is 1. The summed E-state index contributed by atoms with van der Waals surface area (Å²) in [5.74, 6) is 0.149. The predicted molar refractivity (Wildman–Crippen MR) is 104 cm³/mol. The maximum atomic E-state index is 12.2. The maximum Gasteiger partial charge on any atom is 0.573 e. The number of ether oxygens (including phenoxy) is 2. The SMILES string of the molecule is CC(C)(C)OC(=O)N1CCC(CN=C(N)Nc2ccc(OC(F)(F)F)cc2)CC1. The van der Waals surface area contributed by atoms with E-state index < -0.39 is 12.0 Å². The average molecular weight is 416 g/mol. The van der Waals surface area contributed by atoms with Gasteiger partial charge in [-0.3, -0.25) is 4.99 Å². The molecule has 0 aromatic heterocycles. The highest BCUT2D eigenvalue weighted by molar-refractivity contribution is 5.92. The third-order valence-corrected chi connectivity index (χ3v) is 4.15. The van der Waals surface area contributed by atoms with Crippen molar-refractivity contribution in [2.75, 3.05) is 25.0 Å². The zero-order valence-electron chi connectivity index (χ0n) is 16.8. The van der Waals surface area contributed by atoms with E-state index in [4.69, 9.17) is 10.5 Å². The van der Waals surface area contributed by atoms with Crippen molar-refractivity contribution in [1.82, 2.24) is 4.90 Å². The molecule has 1 aliphatic heterocycles. The summed E-state index contributed by atoms with van der Waals surface area (Å²) >= 11 is 0. The predicted octanol–water partition coefficient (Wildman–Crippen LogP) is 3.96. The first-order chi connectivity index (χ1) is 13.4. The first-order valence-corrected chi connectivity index (χ1v) is 9.32. The van der Waals surface area contributed by atoms with Gasteiger partial charge in [0.15, 0.2) is 5.96 Å². The number of amides is 1. The zero-order chi connectivity index (χ0) is 21.7. The smallest absolute Gasteiger partial charge is 0.444 e. The molecule has 1 saturated heterocycles. The summed E-state index contributed by atoms with van der Waals surface area (Å²) in [4.78, 5) is 18.0. The number of piperidine rings is 1. The fourth-order valence-electron chi connectivity index (χ4n) is 2.78. The second-order valence-corrected chi connectivity index (χ2v) is 7.83. The molecule has 1 heterocycles. The Bertz CT molecular complexity index is 707. The van der Waals surface area contributed by atoms with Crippen LogP contribution in [0.15, 0.2) is 29.3 Å². The van der Waals surface area contributed by atoms with Crippen molar-refractivity contribution in [3.05, 3.63) is 24.3 Å². The van der Waals surface area contributed by atoms with Gasteiger partial charge in [-0.15, -0.1) is 13.2 Å². The lowest BCUT2D eigenvalue weighted by Gasteiger charge is -2.33. The van der Waals surface area contributed by atoms with Gasteiger partial charge in [0, 0.05) is 25.3 Å². The van der Waals surface area contributed by atoms with Gasteiger partial charge < -0.3 is 25.4 Å². The third-order valence-electron chi connectivity index (χ3n) is 4.15. The summed E-state index contributed by atoms with van der Waals surface area (Å²) in [6, 6.07) is 5.22. The number of rotatable bonds is 4. The van der Waals surface area contributed by atoms with Crippen molar-refractivity contribution < 1.29 is 27.4 Å². The number of halogens is 3. The Morgan fingerprint density at radius 2 is 1.79 bits per heavy atom. The minimum atomic E-state index is -4.73. The van der Waals surface area contributed by atoms with E-state index in [2.05, 4.69) is 15.0 Å². The first-order valence-electron chi connectivity index (χ1n) is 9.32. The first kappa shape index (κ1) is 22.6. The van der Waals surface area contributed by atoms with Crippen LogP contribution in [0, 0.1) is 5.92 Å². The molecule has 3 N–H and O–H groups in total.